The van der Waals surface area contributed by atoms with Crippen LogP contribution < -0.4 is 15.2 Å². The minimum atomic E-state index is -1.54. The van der Waals surface area contributed by atoms with Crippen molar-refractivity contribution in [3.8, 4) is 5.75 Å². The van der Waals surface area contributed by atoms with Crippen LogP contribution in [0.15, 0.2) is 24.3 Å². The predicted molar refractivity (Wildman–Crippen MR) is 65.6 cm³/mol. The standard InChI is InChI=1S/C13H17NO5/c1-8(2)19-11-6-4-3-5-9(11)12(16)14-10(7-15)13(17)18/h3-6,8,10,15H,7H2,1-2H3,(H,14,16)(H,17,18)/p-1/t10-/m0/s1. The highest BCUT2D eigenvalue weighted by molar-refractivity contribution is 5.98. The van der Waals surface area contributed by atoms with Crippen molar-refractivity contribution in [2.24, 2.45) is 0 Å². The van der Waals surface area contributed by atoms with Crippen LogP contribution in [0.2, 0.25) is 0 Å². The summed E-state index contributed by atoms with van der Waals surface area (Å²) < 4.78 is 5.46. The molecule has 1 atom stereocenters. The van der Waals surface area contributed by atoms with E-state index in [2.05, 4.69) is 5.32 Å². The molecule has 0 saturated heterocycles. The number of para-hydroxylation sites is 1. The van der Waals surface area contributed by atoms with Crippen molar-refractivity contribution in [2.45, 2.75) is 26.0 Å². The van der Waals surface area contributed by atoms with E-state index in [0.29, 0.717) is 5.75 Å². The topological polar surface area (TPSA) is 98.7 Å². The molecule has 0 aliphatic heterocycles. The molecule has 0 unspecified atom stereocenters. The number of aliphatic carboxylic acids is 1. The van der Waals surface area contributed by atoms with E-state index in [1.165, 1.54) is 6.07 Å². The molecule has 6 nitrogen and oxygen atoms in total. The molecule has 1 aromatic rings. The van der Waals surface area contributed by atoms with Crippen LogP contribution in [0.3, 0.4) is 0 Å². The van der Waals surface area contributed by atoms with E-state index in [0.717, 1.165) is 0 Å². The Hall–Kier alpha value is -2.08. The zero-order valence-electron chi connectivity index (χ0n) is 10.8. The average Bonchev–Trinajstić information content (AvgIpc) is 2.35. The SMILES string of the molecule is CC(C)Oc1ccccc1C(=O)N[C@@H](CO)C(=O)[O-]. The van der Waals surface area contributed by atoms with E-state index in [1.54, 1.807) is 18.2 Å². The lowest BCUT2D eigenvalue weighted by molar-refractivity contribution is -0.308. The van der Waals surface area contributed by atoms with E-state index in [1.807, 2.05) is 13.8 Å². The quantitative estimate of drug-likeness (QED) is 0.710. The van der Waals surface area contributed by atoms with Gasteiger partial charge in [-0.05, 0) is 26.0 Å². The Bertz CT molecular complexity index is 458. The van der Waals surface area contributed by atoms with Crippen LogP contribution in [0.4, 0.5) is 0 Å². The van der Waals surface area contributed by atoms with Gasteiger partial charge >= 0.3 is 0 Å². The van der Waals surface area contributed by atoms with Crippen LogP contribution in [-0.2, 0) is 4.79 Å². The second-order valence-corrected chi connectivity index (χ2v) is 4.19. The van der Waals surface area contributed by atoms with E-state index >= 15 is 0 Å². The zero-order valence-corrected chi connectivity index (χ0v) is 10.8. The molecular weight excluding hydrogens is 250 g/mol. The van der Waals surface area contributed by atoms with Crippen LogP contribution in [0.5, 0.6) is 5.75 Å². The van der Waals surface area contributed by atoms with E-state index < -0.39 is 24.5 Å². The first-order valence-electron chi connectivity index (χ1n) is 5.84. The molecule has 104 valence electrons. The lowest BCUT2D eigenvalue weighted by Crippen LogP contribution is -2.50. The fourth-order valence-electron chi connectivity index (χ4n) is 1.43. The second kappa shape index (κ2) is 6.75. The predicted octanol–water partition coefficient (Wildman–Crippen LogP) is -0.686. The molecule has 0 heterocycles. The number of hydrogen-bond donors (Lipinski definition) is 2. The van der Waals surface area contributed by atoms with Crippen LogP contribution in [0.25, 0.3) is 0 Å². The Morgan fingerprint density at radius 2 is 2.00 bits per heavy atom. The van der Waals surface area contributed by atoms with Crippen LogP contribution in [0, 0.1) is 0 Å². The number of ether oxygens (including phenoxy) is 1. The number of carboxylic acids is 1. The van der Waals surface area contributed by atoms with E-state index in [9.17, 15) is 14.7 Å². The van der Waals surface area contributed by atoms with Gasteiger partial charge in [0.2, 0.25) is 0 Å². The maximum absolute atomic E-state index is 11.9. The normalized spacial score (nSPS) is 12.0. The van der Waals surface area contributed by atoms with Gasteiger partial charge < -0.3 is 25.1 Å². The van der Waals surface area contributed by atoms with Crippen LogP contribution in [0.1, 0.15) is 24.2 Å². The van der Waals surface area contributed by atoms with E-state index in [4.69, 9.17) is 9.84 Å². The number of nitrogens with one attached hydrogen (secondary N) is 1. The Morgan fingerprint density at radius 3 is 2.53 bits per heavy atom. The fraction of sp³-hybridized carbons (Fsp3) is 0.385. The third kappa shape index (κ3) is 4.26. The van der Waals surface area contributed by atoms with Crippen molar-refractivity contribution in [1.82, 2.24) is 5.32 Å². The van der Waals surface area contributed by atoms with Crippen molar-refractivity contribution >= 4 is 11.9 Å². The highest BCUT2D eigenvalue weighted by Crippen LogP contribution is 2.19. The largest absolute Gasteiger partial charge is 0.548 e. The summed E-state index contributed by atoms with van der Waals surface area (Å²) in [5.74, 6) is -1.83. The number of benzene rings is 1. The number of aliphatic hydroxyl groups excluding tert-OH is 1. The van der Waals surface area contributed by atoms with Gasteiger partial charge in [-0.25, -0.2) is 0 Å². The molecule has 0 fully saturated rings. The van der Waals surface area contributed by atoms with Crippen molar-refractivity contribution in [3.05, 3.63) is 29.8 Å². The molecule has 0 saturated carbocycles. The molecule has 1 aromatic carbocycles. The summed E-state index contributed by atoms with van der Waals surface area (Å²) in [5.41, 5.74) is 0.205. The lowest BCUT2D eigenvalue weighted by Gasteiger charge is -2.19. The summed E-state index contributed by atoms with van der Waals surface area (Å²) in [6.07, 6.45) is -0.122. The van der Waals surface area contributed by atoms with Crippen molar-refractivity contribution in [3.63, 3.8) is 0 Å². The van der Waals surface area contributed by atoms with Crippen LogP contribution in [-0.4, -0.2) is 35.7 Å². The van der Waals surface area contributed by atoms with Gasteiger partial charge in [0, 0.05) is 0 Å². The van der Waals surface area contributed by atoms with Gasteiger partial charge in [-0.2, -0.15) is 0 Å². The molecular formula is C13H16NO5-. The number of hydrogen-bond acceptors (Lipinski definition) is 5. The minimum Gasteiger partial charge on any atom is -0.548 e. The summed E-state index contributed by atoms with van der Waals surface area (Å²) in [5, 5.41) is 21.6. The summed E-state index contributed by atoms with van der Waals surface area (Å²) in [6.45, 7) is 2.89. The first-order chi connectivity index (χ1) is 8.95. The average molecular weight is 266 g/mol. The molecule has 6 heteroatoms. The molecule has 19 heavy (non-hydrogen) atoms. The molecule has 0 radical (unpaired) electrons. The molecule has 2 N–H and O–H groups in total. The molecule has 0 aliphatic carbocycles. The molecule has 1 amide bonds. The smallest absolute Gasteiger partial charge is 0.255 e. The molecule has 0 aromatic heterocycles. The highest BCUT2D eigenvalue weighted by atomic mass is 16.5. The third-order valence-electron chi connectivity index (χ3n) is 2.27. The summed E-state index contributed by atoms with van der Waals surface area (Å²) in [6, 6.07) is 5.02. The number of rotatable bonds is 6. The van der Waals surface area contributed by atoms with Gasteiger partial charge in [0.1, 0.15) is 5.75 Å². The number of carbonyl (C=O) groups is 2. The summed E-state index contributed by atoms with van der Waals surface area (Å²) >= 11 is 0. The second-order valence-electron chi connectivity index (χ2n) is 4.19. The molecule has 0 bridgehead atoms. The van der Waals surface area contributed by atoms with Crippen molar-refractivity contribution in [1.29, 1.82) is 0 Å². The number of carbonyl (C=O) groups excluding carboxylic acids is 2. The summed E-state index contributed by atoms with van der Waals surface area (Å²) in [4.78, 5) is 22.6. The first kappa shape index (κ1) is 15.0. The maximum atomic E-state index is 11.9. The van der Waals surface area contributed by atoms with Crippen molar-refractivity contribution in [2.75, 3.05) is 6.61 Å². The monoisotopic (exact) mass is 266 g/mol. The van der Waals surface area contributed by atoms with Gasteiger partial charge in [0.05, 0.1) is 30.3 Å². The van der Waals surface area contributed by atoms with Gasteiger partial charge in [-0.15, -0.1) is 0 Å². The summed E-state index contributed by atoms with van der Waals surface area (Å²) in [7, 11) is 0. The van der Waals surface area contributed by atoms with Crippen molar-refractivity contribution < 1.29 is 24.5 Å². The van der Waals surface area contributed by atoms with Crippen LogP contribution >= 0.6 is 0 Å². The third-order valence-corrected chi connectivity index (χ3v) is 2.27. The first-order valence-corrected chi connectivity index (χ1v) is 5.84. The number of carboxylic acid groups (broad SMARTS) is 1. The molecule has 1 rings (SSSR count). The lowest BCUT2D eigenvalue weighted by atomic mass is 10.1. The van der Waals surface area contributed by atoms with Gasteiger partial charge in [-0.3, -0.25) is 4.79 Å². The Morgan fingerprint density at radius 1 is 1.37 bits per heavy atom. The minimum absolute atomic E-state index is 0.122. The van der Waals surface area contributed by atoms with Gasteiger partial charge in [0.15, 0.2) is 0 Å². The molecule has 0 spiro atoms. The highest BCUT2D eigenvalue weighted by Gasteiger charge is 2.17. The number of aliphatic hydroxyl groups is 1. The molecule has 0 aliphatic rings. The fourth-order valence-corrected chi connectivity index (χ4v) is 1.43. The van der Waals surface area contributed by atoms with Gasteiger partial charge in [-0.1, -0.05) is 12.1 Å². The Kier molecular flexibility index (Phi) is 5.32. The Labute approximate surface area is 111 Å². The maximum Gasteiger partial charge on any atom is 0.255 e. The van der Waals surface area contributed by atoms with E-state index in [-0.39, 0.29) is 11.7 Å². The Balaban J connectivity index is 2.90. The zero-order chi connectivity index (χ0) is 14.4. The van der Waals surface area contributed by atoms with Gasteiger partial charge in [0.25, 0.3) is 5.91 Å². The number of amides is 1.